The molecule has 0 aliphatic carbocycles. The van der Waals surface area contributed by atoms with Crippen LogP contribution in [0.15, 0.2) is 42.6 Å². The van der Waals surface area contributed by atoms with E-state index in [2.05, 4.69) is 15.6 Å². The number of carbonyl (C=O) groups is 3. The van der Waals surface area contributed by atoms with Crippen molar-refractivity contribution in [1.29, 1.82) is 0 Å². The van der Waals surface area contributed by atoms with E-state index in [-0.39, 0.29) is 30.4 Å². The first-order valence-electron chi connectivity index (χ1n) is 13.8. The molecule has 11 heteroatoms. The minimum absolute atomic E-state index is 0.141. The Balaban J connectivity index is 1.59. The normalized spacial score (nSPS) is 15.0. The number of hydrogen-bond donors (Lipinski definition) is 3. The number of aliphatic hydroxyl groups is 1. The van der Waals surface area contributed by atoms with Gasteiger partial charge in [-0.1, -0.05) is 26.8 Å². The van der Waals surface area contributed by atoms with Gasteiger partial charge in [-0.15, -0.1) is 11.3 Å². The third-order valence-electron chi connectivity index (χ3n) is 7.37. The standard InChI is InChI=1S/C31H39N5O5S/c1-19-8-10-21(16-22(19)20-9-11-25(41-7)32-18-20)33-29(40)34-26-23(17-24(42-26)30(2,3)4)27(38)36-13-12-35(14-15-37)28(39)31(36,5)6/h8-11,16-18,37H,12-15H2,1-7H3,(H2,33,34,40). The molecule has 0 radical (unpaired) electrons. The van der Waals surface area contributed by atoms with Gasteiger partial charge in [-0.25, -0.2) is 9.78 Å². The summed E-state index contributed by atoms with van der Waals surface area (Å²) in [5.41, 5.74) is 2.36. The highest BCUT2D eigenvalue weighted by Crippen LogP contribution is 2.38. The fourth-order valence-corrected chi connectivity index (χ4v) is 5.99. The minimum atomic E-state index is -1.11. The first-order chi connectivity index (χ1) is 19.8. The third-order valence-corrected chi connectivity index (χ3v) is 8.85. The van der Waals surface area contributed by atoms with E-state index >= 15 is 0 Å². The van der Waals surface area contributed by atoms with E-state index in [1.165, 1.54) is 11.3 Å². The molecule has 1 aliphatic heterocycles. The number of urea groups is 1. The molecule has 0 saturated carbocycles. The van der Waals surface area contributed by atoms with Crippen LogP contribution in [-0.4, -0.2) is 76.6 Å². The molecule has 1 fully saturated rings. The minimum Gasteiger partial charge on any atom is -0.481 e. The number of hydrogen-bond acceptors (Lipinski definition) is 7. The summed E-state index contributed by atoms with van der Waals surface area (Å²) >= 11 is 1.35. The second-order valence-electron chi connectivity index (χ2n) is 11.8. The Bertz CT molecular complexity index is 1480. The molecule has 42 heavy (non-hydrogen) atoms. The fraction of sp³-hybridized carbons (Fsp3) is 0.419. The topological polar surface area (TPSA) is 124 Å². The Labute approximate surface area is 250 Å². The van der Waals surface area contributed by atoms with Gasteiger partial charge < -0.3 is 25.0 Å². The van der Waals surface area contributed by atoms with Gasteiger partial charge in [0.25, 0.3) is 5.91 Å². The Morgan fingerprint density at radius 3 is 2.48 bits per heavy atom. The van der Waals surface area contributed by atoms with Crippen molar-refractivity contribution >= 4 is 39.9 Å². The molecule has 1 saturated heterocycles. The molecule has 1 aliphatic rings. The number of rotatable bonds is 7. The summed E-state index contributed by atoms with van der Waals surface area (Å²) in [6.45, 7) is 12.2. The number of β-amino-alcohol motifs (C(OH)–C–C–N with tert-alkyl or cyclic N) is 1. The average Bonchev–Trinajstić information content (AvgIpc) is 3.36. The molecular weight excluding hydrogens is 554 g/mol. The molecule has 0 unspecified atom stereocenters. The van der Waals surface area contributed by atoms with Gasteiger partial charge >= 0.3 is 6.03 Å². The number of methoxy groups -OCH3 is 1. The Hall–Kier alpha value is -3.96. The molecule has 2 aromatic heterocycles. The van der Waals surface area contributed by atoms with Gasteiger partial charge in [0.1, 0.15) is 10.5 Å². The highest BCUT2D eigenvalue weighted by Gasteiger charge is 2.45. The molecule has 1 aromatic carbocycles. The van der Waals surface area contributed by atoms with Crippen LogP contribution < -0.4 is 15.4 Å². The summed E-state index contributed by atoms with van der Waals surface area (Å²) in [6.07, 6.45) is 1.72. The van der Waals surface area contributed by atoms with Crippen LogP contribution in [0.25, 0.3) is 11.1 Å². The number of amides is 4. The average molecular weight is 594 g/mol. The van der Waals surface area contributed by atoms with Crippen molar-refractivity contribution in [3.63, 3.8) is 0 Å². The van der Waals surface area contributed by atoms with E-state index in [0.29, 0.717) is 35.2 Å². The van der Waals surface area contributed by atoms with E-state index in [1.807, 2.05) is 58.0 Å². The Morgan fingerprint density at radius 2 is 1.86 bits per heavy atom. The number of thiophene rings is 1. The van der Waals surface area contributed by atoms with E-state index in [1.54, 1.807) is 43.0 Å². The summed E-state index contributed by atoms with van der Waals surface area (Å²) in [6, 6.07) is 10.6. The monoisotopic (exact) mass is 593 g/mol. The Morgan fingerprint density at radius 1 is 1.12 bits per heavy atom. The smallest absolute Gasteiger partial charge is 0.324 e. The lowest BCUT2D eigenvalue weighted by Crippen LogP contribution is -2.64. The second kappa shape index (κ2) is 12.1. The van der Waals surface area contributed by atoms with Crippen LogP contribution in [0.3, 0.4) is 0 Å². The van der Waals surface area contributed by atoms with E-state index in [4.69, 9.17) is 4.74 Å². The fourth-order valence-electron chi connectivity index (χ4n) is 4.89. The molecule has 224 valence electrons. The first kappa shape index (κ1) is 31.0. The third kappa shape index (κ3) is 6.42. The zero-order valence-electron chi connectivity index (χ0n) is 25.2. The molecule has 10 nitrogen and oxygen atoms in total. The van der Waals surface area contributed by atoms with Crippen molar-refractivity contribution in [3.05, 3.63) is 58.6 Å². The van der Waals surface area contributed by atoms with Crippen LogP contribution in [0.2, 0.25) is 0 Å². The summed E-state index contributed by atoms with van der Waals surface area (Å²) in [5, 5.41) is 15.5. The highest BCUT2D eigenvalue weighted by molar-refractivity contribution is 7.16. The van der Waals surface area contributed by atoms with E-state index in [0.717, 1.165) is 21.6 Å². The van der Waals surface area contributed by atoms with E-state index in [9.17, 15) is 19.5 Å². The van der Waals surface area contributed by atoms with Crippen molar-refractivity contribution in [2.24, 2.45) is 0 Å². The van der Waals surface area contributed by atoms with Crippen molar-refractivity contribution in [1.82, 2.24) is 14.8 Å². The SMILES string of the molecule is COc1ccc(-c2cc(NC(=O)Nc3sc(C(C)(C)C)cc3C(=O)N3CCN(CCO)C(=O)C3(C)C)ccc2C)cn1. The van der Waals surface area contributed by atoms with Gasteiger partial charge in [0.05, 0.1) is 19.3 Å². The van der Waals surface area contributed by atoms with Crippen molar-refractivity contribution in [2.45, 2.75) is 52.5 Å². The van der Waals surface area contributed by atoms with Gasteiger partial charge in [-0.2, -0.15) is 0 Å². The molecule has 4 rings (SSSR count). The molecule has 0 spiro atoms. The summed E-state index contributed by atoms with van der Waals surface area (Å²) in [4.78, 5) is 48.7. The number of nitrogens with zero attached hydrogens (tertiary/aromatic N) is 3. The predicted molar refractivity (Wildman–Crippen MR) is 165 cm³/mol. The number of ether oxygens (including phenoxy) is 1. The largest absolute Gasteiger partial charge is 0.481 e. The summed E-state index contributed by atoms with van der Waals surface area (Å²) in [5.74, 6) is -0.0404. The molecular formula is C31H39N5O5S. The van der Waals surface area contributed by atoms with Crippen LogP contribution >= 0.6 is 11.3 Å². The maximum absolute atomic E-state index is 13.9. The molecule has 3 N–H and O–H groups in total. The van der Waals surface area contributed by atoms with Crippen LogP contribution in [0.1, 0.15) is 55.4 Å². The van der Waals surface area contributed by atoms with Crippen LogP contribution in [0.5, 0.6) is 5.88 Å². The zero-order chi connectivity index (χ0) is 30.8. The summed E-state index contributed by atoms with van der Waals surface area (Å²) in [7, 11) is 1.56. The van der Waals surface area contributed by atoms with Crippen molar-refractivity contribution in [2.75, 3.05) is 44.0 Å². The maximum Gasteiger partial charge on any atom is 0.324 e. The lowest BCUT2D eigenvalue weighted by molar-refractivity contribution is -0.146. The number of aryl methyl sites for hydroxylation is 1. The number of piperazine rings is 1. The van der Waals surface area contributed by atoms with Crippen LogP contribution in [0, 0.1) is 6.92 Å². The van der Waals surface area contributed by atoms with Gasteiger partial charge in [0.15, 0.2) is 0 Å². The van der Waals surface area contributed by atoms with Gasteiger partial charge in [0, 0.05) is 48.0 Å². The summed E-state index contributed by atoms with van der Waals surface area (Å²) < 4.78 is 5.16. The number of aromatic nitrogens is 1. The lowest BCUT2D eigenvalue weighted by atomic mass is 9.93. The van der Waals surface area contributed by atoms with E-state index < -0.39 is 11.6 Å². The number of pyridine rings is 1. The quantitative estimate of drug-likeness (QED) is 0.349. The molecule has 0 bridgehead atoms. The number of carbonyl (C=O) groups excluding carboxylic acids is 3. The van der Waals surface area contributed by atoms with Crippen molar-refractivity contribution in [3.8, 4) is 17.0 Å². The second-order valence-corrected chi connectivity index (χ2v) is 12.9. The van der Waals surface area contributed by atoms with Crippen molar-refractivity contribution < 1.29 is 24.2 Å². The molecule has 3 heterocycles. The first-order valence-corrected chi connectivity index (χ1v) is 14.6. The highest BCUT2D eigenvalue weighted by atomic mass is 32.1. The van der Waals surface area contributed by atoms with Crippen LogP contribution in [0.4, 0.5) is 15.5 Å². The van der Waals surface area contributed by atoms with Gasteiger partial charge in [-0.05, 0) is 61.6 Å². The number of benzene rings is 1. The molecule has 3 aromatic rings. The molecule has 0 atom stereocenters. The van der Waals surface area contributed by atoms with Gasteiger partial charge in [-0.3, -0.25) is 14.9 Å². The van der Waals surface area contributed by atoms with Crippen LogP contribution in [-0.2, 0) is 10.2 Å². The van der Waals surface area contributed by atoms with Gasteiger partial charge in [0.2, 0.25) is 11.8 Å². The number of aliphatic hydroxyl groups excluding tert-OH is 1. The number of anilines is 2. The Kier molecular flexibility index (Phi) is 8.93. The zero-order valence-corrected chi connectivity index (χ0v) is 26.0. The molecule has 4 amide bonds. The predicted octanol–water partition coefficient (Wildman–Crippen LogP) is 5.12. The lowest BCUT2D eigenvalue weighted by Gasteiger charge is -2.45. The maximum atomic E-state index is 13.9. The number of nitrogens with one attached hydrogen (secondary N) is 2.